The van der Waals surface area contributed by atoms with Crippen LogP contribution in [0.4, 0.5) is 5.69 Å². The first-order chi connectivity index (χ1) is 11.8. The lowest BCUT2D eigenvalue weighted by Gasteiger charge is -2.13. The summed E-state index contributed by atoms with van der Waals surface area (Å²) < 4.78 is 0. The minimum absolute atomic E-state index is 0.0931. The Hall–Kier alpha value is -2.15. The van der Waals surface area contributed by atoms with E-state index in [4.69, 9.17) is 35.4 Å². The van der Waals surface area contributed by atoms with E-state index >= 15 is 0 Å². The molecule has 0 radical (unpaired) electrons. The standard InChI is InChI=1S/C17H15Cl2N3O2S/c1-22(2)16(24)10-4-3-5-14(8-10)20-17(25)21-15(23)11-6-12(18)9-13(19)7-11/h3-9H,1-2H3,(H2,20,21,23,25). The zero-order chi connectivity index (χ0) is 18.6. The lowest BCUT2D eigenvalue weighted by Crippen LogP contribution is -2.34. The molecule has 8 heteroatoms. The van der Waals surface area contributed by atoms with Crippen molar-refractivity contribution >= 4 is 58.0 Å². The van der Waals surface area contributed by atoms with Gasteiger partial charge in [-0.1, -0.05) is 29.3 Å². The van der Waals surface area contributed by atoms with Crippen LogP contribution >= 0.6 is 35.4 Å². The molecule has 5 nitrogen and oxygen atoms in total. The number of halogens is 2. The van der Waals surface area contributed by atoms with Gasteiger partial charge < -0.3 is 10.2 Å². The Morgan fingerprint density at radius 1 is 1.00 bits per heavy atom. The molecule has 0 heterocycles. The van der Waals surface area contributed by atoms with Crippen LogP contribution in [0.2, 0.25) is 10.0 Å². The molecule has 0 spiro atoms. The fourth-order valence-corrected chi connectivity index (χ4v) is 2.75. The molecule has 0 atom stereocenters. The fraction of sp³-hybridized carbons (Fsp3) is 0.118. The molecule has 0 aliphatic carbocycles. The third-order valence-corrected chi connectivity index (χ3v) is 3.77. The van der Waals surface area contributed by atoms with Crippen LogP contribution in [0, 0.1) is 0 Å². The van der Waals surface area contributed by atoms with Crippen LogP contribution in [0.5, 0.6) is 0 Å². The molecule has 0 aliphatic rings. The Morgan fingerprint density at radius 2 is 1.64 bits per heavy atom. The quantitative estimate of drug-likeness (QED) is 0.775. The van der Waals surface area contributed by atoms with Crippen LogP contribution in [0.15, 0.2) is 42.5 Å². The summed E-state index contributed by atoms with van der Waals surface area (Å²) in [7, 11) is 3.34. The Morgan fingerprint density at radius 3 is 2.24 bits per heavy atom. The number of hydrogen-bond donors (Lipinski definition) is 2. The summed E-state index contributed by atoms with van der Waals surface area (Å²) in [6.07, 6.45) is 0. The smallest absolute Gasteiger partial charge is 0.257 e. The van der Waals surface area contributed by atoms with E-state index in [0.29, 0.717) is 21.3 Å². The molecule has 2 N–H and O–H groups in total. The van der Waals surface area contributed by atoms with E-state index in [0.717, 1.165) is 0 Å². The topological polar surface area (TPSA) is 61.4 Å². The largest absolute Gasteiger partial charge is 0.345 e. The maximum atomic E-state index is 12.2. The van der Waals surface area contributed by atoms with Gasteiger partial charge in [0.1, 0.15) is 0 Å². The number of carbonyl (C=O) groups excluding carboxylic acids is 2. The molecule has 2 aromatic rings. The normalized spacial score (nSPS) is 10.1. The lowest BCUT2D eigenvalue weighted by atomic mass is 10.2. The predicted octanol–water partition coefficient (Wildman–Crippen LogP) is 3.82. The van der Waals surface area contributed by atoms with Crippen molar-refractivity contribution in [1.82, 2.24) is 10.2 Å². The highest BCUT2D eigenvalue weighted by Crippen LogP contribution is 2.19. The summed E-state index contributed by atoms with van der Waals surface area (Å²) >= 11 is 16.9. The Kier molecular flexibility index (Phi) is 6.36. The SMILES string of the molecule is CN(C)C(=O)c1cccc(NC(=S)NC(=O)c2cc(Cl)cc(Cl)c2)c1. The molecular formula is C17H15Cl2N3O2S. The van der Waals surface area contributed by atoms with Gasteiger partial charge >= 0.3 is 0 Å². The van der Waals surface area contributed by atoms with Crippen molar-refractivity contribution in [2.75, 3.05) is 19.4 Å². The Labute approximate surface area is 160 Å². The lowest BCUT2D eigenvalue weighted by molar-refractivity contribution is 0.0827. The maximum Gasteiger partial charge on any atom is 0.257 e. The van der Waals surface area contributed by atoms with Crippen LogP contribution in [-0.4, -0.2) is 35.9 Å². The molecule has 0 saturated heterocycles. The van der Waals surface area contributed by atoms with E-state index < -0.39 is 5.91 Å². The number of nitrogens with zero attached hydrogens (tertiary/aromatic N) is 1. The summed E-state index contributed by atoms with van der Waals surface area (Å²) in [6, 6.07) is 11.3. The van der Waals surface area contributed by atoms with Crippen molar-refractivity contribution in [3.05, 3.63) is 63.6 Å². The van der Waals surface area contributed by atoms with Crippen molar-refractivity contribution in [2.45, 2.75) is 0 Å². The van der Waals surface area contributed by atoms with Gasteiger partial charge in [0.25, 0.3) is 11.8 Å². The second-order valence-corrected chi connectivity index (χ2v) is 6.63. The van der Waals surface area contributed by atoms with Gasteiger partial charge in [0.05, 0.1) is 0 Å². The molecule has 2 rings (SSSR count). The first-order valence-electron chi connectivity index (χ1n) is 7.16. The van der Waals surface area contributed by atoms with Gasteiger partial charge in [-0.25, -0.2) is 0 Å². The van der Waals surface area contributed by atoms with E-state index in [1.165, 1.54) is 23.1 Å². The highest BCUT2D eigenvalue weighted by Gasteiger charge is 2.11. The number of anilines is 1. The van der Waals surface area contributed by atoms with Crippen LogP contribution in [-0.2, 0) is 0 Å². The number of benzene rings is 2. The number of thiocarbonyl (C=S) groups is 1. The summed E-state index contributed by atoms with van der Waals surface area (Å²) in [4.78, 5) is 25.7. The van der Waals surface area contributed by atoms with Gasteiger partial charge in [0, 0.05) is 41.0 Å². The molecule has 2 aromatic carbocycles. The predicted molar refractivity (Wildman–Crippen MR) is 105 cm³/mol. The molecule has 0 saturated carbocycles. The first-order valence-corrected chi connectivity index (χ1v) is 8.33. The second kappa shape index (κ2) is 8.29. The summed E-state index contributed by atoms with van der Waals surface area (Å²) in [5.74, 6) is -0.574. The Balaban J connectivity index is 2.06. The van der Waals surface area contributed by atoms with E-state index in [1.807, 2.05) is 0 Å². The van der Waals surface area contributed by atoms with Crippen molar-refractivity contribution < 1.29 is 9.59 Å². The number of carbonyl (C=O) groups is 2. The van der Waals surface area contributed by atoms with Crippen molar-refractivity contribution in [1.29, 1.82) is 0 Å². The average molecular weight is 396 g/mol. The third kappa shape index (κ3) is 5.42. The van der Waals surface area contributed by atoms with Crippen LogP contribution in [0.25, 0.3) is 0 Å². The molecule has 25 heavy (non-hydrogen) atoms. The first kappa shape index (κ1) is 19.2. The highest BCUT2D eigenvalue weighted by molar-refractivity contribution is 7.80. The molecular weight excluding hydrogens is 381 g/mol. The number of hydrogen-bond acceptors (Lipinski definition) is 3. The average Bonchev–Trinajstić information content (AvgIpc) is 2.53. The van der Waals surface area contributed by atoms with E-state index in [2.05, 4.69) is 10.6 Å². The highest BCUT2D eigenvalue weighted by atomic mass is 35.5. The summed E-state index contributed by atoms with van der Waals surface area (Å²) in [5.41, 5.74) is 1.38. The van der Waals surface area contributed by atoms with Crippen LogP contribution < -0.4 is 10.6 Å². The zero-order valence-corrected chi connectivity index (χ0v) is 15.8. The van der Waals surface area contributed by atoms with E-state index in [-0.39, 0.29) is 16.6 Å². The van der Waals surface area contributed by atoms with Crippen molar-refractivity contribution in [3.63, 3.8) is 0 Å². The summed E-state index contributed by atoms with van der Waals surface area (Å²) in [6.45, 7) is 0. The minimum atomic E-state index is -0.442. The van der Waals surface area contributed by atoms with Gasteiger partial charge in [-0.3, -0.25) is 14.9 Å². The van der Waals surface area contributed by atoms with Gasteiger partial charge in [0.2, 0.25) is 0 Å². The van der Waals surface area contributed by atoms with Gasteiger partial charge in [-0.2, -0.15) is 0 Å². The van der Waals surface area contributed by atoms with Gasteiger partial charge in [0.15, 0.2) is 5.11 Å². The van der Waals surface area contributed by atoms with Crippen LogP contribution in [0.3, 0.4) is 0 Å². The molecule has 2 amide bonds. The number of nitrogens with one attached hydrogen (secondary N) is 2. The fourth-order valence-electron chi connectivity index (χ4n) is 2.01. The molecule has 0 bridgehead atoms. The minimum Gasteiger partial charge on any atom is -0.345 e. The van der Waals surface area contributed by atoms with Crippen molar-refractivity contribution in [3.8, 4) is 0 Å². The summed E-state index contributed by atoms with van der Waals surface area (Å²) in [5, 5.41) is 6.21. The molecule has 0 aliphatic heterocycles. The number of amides is 2. The van der Waals surface area contributed by atoms with E-state index in [9.17, 15) is 9.59 Å². The maximum absolute atomic E-state index is 12.2. The Bertz CT molecular complexity index is 820. The molecule has 0 aromatic heterocycles. The van der Waals surface area contributed by atoms with E-state index in [1.54, 1.807) is 38.4 Å². The molecule has 0 fully saturated rings. The third-order valence-electron chi connectivity index (χ3n) is 3.13. The monoisotopic (exact) mass is 395 g/mol. The van der Waals surface area contributed by atoms with Crippen molar-refractivity contribution in [2.24, 2.45) is 0 Å². The zero-order valence-electron chi connectivity index (χ0n) is 13.5. The molecule has 0 unspecified atom stereocenters. The van der Waals surface area contributed by atoms with Gasteiger partial charge in [-0.15, -0.1) is 0 Å². The van der Waals surface area contributed by atoms with Crippen LogP contribution in [0.1, 0.15) is 20.7 Å². The number of rotatable bonds is 3. The van der Waals surface area contributed by atoms with Gasteiger partial charge in [-0.05, 0) is 48.6 Å². The second-order valence-electron chi connectivity index (χ2n) is 5.35. The molecule has 130 valence electrons.